The fourth-order valence-corrected chi connectivity index (χ4v) is 2.17. The lowest BCUT2D eigenvalue weighted by Crippen LogP contribution is -1.99. The van der Waals surface area contributed by atoms with E-state index in [9.17, 15) is 0 Å². The van der Waals surface area contributed by atoms with Gasteiger partial charge in [0.1, 0.15) is 11.5 Å². The molecule has 0 aliphatic carbocycles. The minimum atomic E-state index is 0.948. The molecule has 0 spiro atoms. The largest absolute Gasteiger partial charge is 0.496 e. The van der Waals surface area contributed by atoms with Crippen LogP contribution in [0.5, 0.6) is 11.5 Å². The molecular weight excluding hydrogens is 212 g/mol. The molecule has 96 valence electrons. The second kappa shape index (κ2) is 7.21. The summed E-state index contributed by atoms with van der Waals surface area (Å²) >= 11 is 0. The number of hydrogen-bond donors (Lipinski definition) is 0. The fraction of sp³-hybridized carbons (Fsp3) is 0.600. The summed E-state index contributed by atoms with van der Waals surface area (Å²) in [5.41, 5.74) is 2.39. The monoisotopic (exact) mass is 236 g/mol. The molecule has 1 aromatic carbocycles. The van der Waals surface area contributed by atoms with E-state index in [1.165, 1.54) is 36.8 Å². The Labute approximate surface area is 105 Å². The van der Waals surface area contributed by atoms with Gasteiger partial charge in [-0.2, -0.15) is 0 Å². The maximum absolute atomic E-state index is 5.50. The Balaban J connectivity index is 2.82. The van der Waals surface area contributed by atoms with Crippen LogP contribution in [-0.4, -0.2) is 14.2 Å². The Morgan fingerprint density at radius 2 is 1.76 bits per heavy atom. The van der Waals surface area contributed by atoms with Crippen LogP contribution in [0.15, 0.2) is 12.1 Å². The predicted octanol–water partition coefficient (Wildman–Crippen LogP) is 4.14. The van der Waals surface area contributed by atoms with Crippen LogP contribution in [-0.2, 0) is 6.42 Å². The second-order valence-corrected chi connectivity index (χ2v) is 4.41. The first kappa shape index (κ1) is 13.9. The van der Waals surface area contributed by atoms with Crippen LogP contribution in [0, 0.1) is 6.92 Å². The number of methoxy groups -OCH3 is 2. The molecule has 0 unspecified atom stereocenters. The lowest BCUT2D eigenvalue weighted by Gasteiger charge is -2.15. The molecular formula is C15H24O2. The third-order valence-electron chi connectivity index (χ3n) is 3.12. The van der Waals surface area contributed by atoms with Crippen LogP contribution in [0.2, 0.25) is 0 Å². The van der Waals surface area contributed by atoms with Gasteiger partial charge in [-0.15, -0.1) is 0 Å². The summed E-state index contributed by atoms with van der Waals surface area (Å²) in [7, 11) is 3.46. The summed E-state index contributed by atoms with van der Waals surface area (Å²) in [6, 6.07) is 4.08. The Kier molecular flexibility index (Phi) is 5.88. The molecule has 0 radical (unpaired) electrons. The summed E-state index contributed by atoms with van der Waals surface area (Å²) in [6.07, 6.45) is 6.08. The zero-order chi connectivity index (χ0) is 12.7. The van der Waals surface area contributed by atoms with E-state index in [4.69, 9.17) is 9.47 Å². The van der Waals surface area contributed by atoms with Gasteiger partial charge >= 0.3 is 0 Å². The van der Waals surface area contributed by atoms with E-state index >= 15 is 0 Å². The summed E-state index contributed by atoms with van der Waals surface area (Å²) in [6.45, 7) is 4.31. The van der Waals surface area contributed by atoms with Crippen molar-refractivity contribution in [1.82, 2.24) is 0 Å². The summed E-state index contributed by atoms with van der Waals surface area (Å²) in [5, 5.41) is 0. The van der Waals surface area contributed by atoms with Crippen LogP contribution >= 0.6 is 0 Å². The molecule has 2 heteroatoms. The van der Waals surface area contributed by atoms with E-state index < -0.39 is 0 Å². The molecule has 2 nitrogen and oxygen atoms in total. The van der Waals surface area contributed by atoms with E-state index in [1.54, 1.807) is 14.2 Å². The molecule has 0 aromatic heterocycles. The minimum absolute atomic E-state index is 0.948. The van der Waals surface area contributed by atoms with Gasteiger partial charge in [-0.1, -0.05) is 32.3 Å². The van der Waals surface area contributed by atoms with E-state index in [0.717, 1.165) is 17.9 Å². The van der Waals surface area contributed by atoms with E-state index in [0.29, 0.717) is 0 Å². The molecule has 0 heterocycles. The van der Waals surface area contributed by atoms with Crippen molar-refractivity contribution >= 4 is 0 Å². The maximum Gasteiger partial charge on any atom is 0.128 e. The van der Waals surface area contributed by atoms with Crippen molar-refractivity contribution in [3.8, 4) is 11.5 Å². The lowest BCUT2D eigenvalue weighted by molar-refractivity contribution is 0.382. The van der Waals surface area contributed by atoms with Gasteiger partial charge in [0.15, 0.2) is 0 Å². The molecule has 0 atom stereocenters. The van der Waals surface area contributed by atoms with Crippen LogP contribution in [0.4, 0.5) is 0 Å². The molecule has 0 aliphatic heterocycles. The van der Waals surface area contributed by atoms with Crippen molar-refractivity contribution in [2.75, 3.05) is 14.2 Å². The molecule has 0 saturated heterocycles. The van der Waals surface area contributed by atoms with Gasteiger partial charge in [-0.3, -0.25) is 0 Å². The fourth-order valence-electron chi connectivity index (χ4n) is 2.17. The SMILES string of the molecule is CCCCCCc1c(OC)ccc(C)c1OC. The minimum Gasteiger partial charge on any atom is -0.496 e. The van der Waals surface area contributed by atoms with Crippen molar-refractivity contribution in [3.05, 3.63) is 23.3 Å². The quantitative estimate of drug-likeness (QED) is 0.663. The summed E-state index contributed by atoms with van der Waals surface area (Å²) in [5.74, 6) is 1.93. The number of hydrogen-bond acceptors (Lipinski definition) is 2. The number of unbranched alkanes of at least 4 members (excludes halogenated alkanes) is 3. The van der Waals surface area contributed by atoms with Crippen molar-refractivity contribution < 1.29 is 9.47 Å². The number of rotatable bonds is 7. The van der Waals surface area contributed by atoms with Crippen molar-refractivity contribution in [3.63, 3.8) is 0 Å². The van der Waals surface area contributed by atoms with Gasteiger partial charge in [0.25, 0.3) is 0 Å². The van der Waals surface area contributed by atoms with Gasteiger partial charge in [0.05, 0.1) is 14.2 Å². The standard InChI is InChI=1S/C15H24O2/c1-5-6-7-8-9-13-14(16-3)11-10-12(2)15(13)17-4/h10-11H,5-9H2,1-4H3. The van der Waals surface area contributed by atoms with Crippen molar-refractivity contribution in [2.24, 2.45) is 0 Å². The third kappa shape index (κ3) is 3.65. The Morgan fingerprint density at radius 3 is 2.35 bits per heavy atom. The predicted molar refractivity (Wildman–Crippen MR) is 72.1 cm³/mol. The highest BCUT2D eigenvalue weighted by Crippen LogP contribution is 2.33. The van der Waals surface area contributed by atoms with Gasteiger partial charge in [0, 0.05) is 5.56 Å². The Hall–Kier alpha value is -1.18. The molecule has 0 N–H and O–H groups in total. The maximum atomic E-state index is 5.50. The van der Waals surface area contributed by atoms with Gasteiger partial charge in [-0.25, -0.2) is 0 Å². The van der Waals surface area contributed by atoms with Crippen LogP contribution in [0.25, 0.3) is 0 Å². The van der Waals surface area contributed by atoms with Crippen molar-refractivity contribution in [1.29, 1.82) is 0 Å². The first-order valence-electron chi connectivity index (χ1n) is 6.45. The normalized spacial score (nSPS) is 10.4. The zero-order valence-electron chi connectivity index (χ0n) is 11.5. The number of ether oxygens (including phenoxy) is 2. The summed E-state index contributed by atoms with van der Waals surface area (Å²) < 4.78 is 10.9. The summed E-state index contributed by atoms with van der Waals surface area (Å²) in [4.78, 5) is 0. The average Bonchev–Trinajstić information content (AvgIpc) is 2.35. The average molecular weight is 236 g/mol. The number of benzene rings is 1. The highest BCUT2D eigenvalue weighted by atomic mass is 16.5. The highest BCUT2D eigenvalue weighted by Gasteiger charge is 2.12. The molecule has 1 rings (SSSR count). The smallest absolute Gasteiger partial charge is 0.128 e. The molecule has 17 heavy (non-hydrogen) atoms. The topological polar surface area (TPSA) is 18.5 Å². The molecule has 0 fully saturated rings. The Bertz CT molecular complexity index is 345. The Morgan fingerprint density at radius 1 is 1.00 bits per heavy atom. The molecule has 0 saturated carbocycles. The lowest BCUT2D eigenvalue weighted by atomic mass is 10.0. The molecule has 1 aromatic rings. The van der Waals surface area contributed by atoms with Crippen LogP contribution in [0.1, 0.15) is 43.7 Å². The van der Waals surface area contributed by atoms with Gasteiger partial charge < -0.3 is 9.47 Å². The first-order valence-corrected chi connectivity index (χ1v) is 6.45. The third-order valence-corrected chi connectivity index (χ3v) is 3.12. The zero-order valence-corrected chi connectivity index (χ0v) is 11.5. The molecule has 0 amide bonds. The highest BCUT2D eigenvalue weighted by molar-refractivity contribution is 5.49. The van der Waals surface area contributed by atoms with E-state index in [2.05, 4.69) is 13.8 Å². The van der Waals surface area contributed by atoms with Gasteiger partial charge in [0.2, 0.25) is 0 Å². The number of aryl methyl sites for hydroxylation is 1. The molecule has 0 bridgehead atoms. The van der Waals surface area contributed by atoms with Crippen LogP contribution in [0.3, 0.4) is 0 Å². The van der Waals surface area contributed by atoms with Crippen LogP contribution < -0.4 is 9.47 Å². The first-order chi connectivity index (χ1) is 8.24. The van der Waals surface area contributed by atoms with Crippen molar-refractivity contribution in [2.45, 2.75) is 46.0 Å². The van der Waals surface area contributed by atoms with E-state index in [1.807, 2.05) is 12.1 Å². The molecule has 0 aliphatic rings. The second-order valence-electron chi connectivity index (χ2n) is 4.41. The van der Waals surface area contributed by atoms with E-state index in [-0.39, 0.29) is 0 Å². The van der Waals surface area contributed by atoms with Gasteiger partial charge in [-0.05, 0) is 31.4 Å².